The van der Waals surface area contributed by atoms with E-state index in [2.05, 4.69) is 5.32 Å². The molecule has 0 aromatic heterocycles. The number of carbonyl (C=O) groups is 1. The van der Waals surface area contributed by atoms with Gasteiger partial charge in [0.2, 0.25) is 0 Å². The van der Waals surface area contributed by atoms with Crippen LogP contribution >= 0.6 is 0 Å². The van der Waals surface area contributed by atoms with Crippen molar-refractivity contribution in [2.75, 3.05) is 5.32 Å². The molecule has 0 aliphatic carbocycles. The number of nitrogens with one attached hydrogen (secondary N) is 1. The average molecular weight is 407 g/mol. The summed E-state index contributed by atoms with van der Waals surface area (Å²) in [7, 11) is 0. The van der Waals surface area contributed by atoms with Crippen molar-refractivity contribution in [3.05, 3.63) is 82.9 Å². The SMILES string of the molecule is Cc1cc2c(cc1-c1ccc(NCc3c(F)cccc3F)cc1)OC(C)(C)CC2=O. The lowest BCUT2D eigenvalue weighted by atomic mass is 9.89. The number of aryl methyl sites for hydroxylation is 1. The summed E-state index contributed by atoms with van der Waals surface area (Å²) in [5.74, 6) is -0.438. The van der Waals surface area contributed by atoms with Crippen LogP contribution in [0.15, 0.2) is 54.6 Å². The number of Topliss-reactive ketones (excluding diaryl/α,β-unsaturated/α-hetero) is 1. The molecule has 3 aromatic rings. The predicted octanol–water partition coefficient (Wildman–Crippen LogP) is 6.30. The number of ether oxygens (including phenoxy) is 1. The molecule has 1 aliphatic rings. The van der Waals surface area contributed by atoms with Crippen LogP contribution < -0.4 is 10.1 Å². The van der Waals surface area contributed by atoms with Crippen LogP contribution in [-0.2, 0) is 6.54 Å². The number of halogens is 2. The van der Waals surface area contributed by atoms with Gasteiger partial charge >= 0.3 is 0 Å². The number of rotatable bonds is 4. The van der Waals surface area contributed by atoms with E-state index in [4.69, 9.17) is 4.74 Å². The van der Waals surface area contributed by atoms with Crippen LogP contribution in [0.1, 0.15) is 41.8 Å². The maximum Gasteiger partial charge on any atom is 0.170 e. The smallest absolute Gasteiger partial charge is 0.170 e. The summed E-state index contributed by atoms with van der Waals surface area (Å²) in [5, 5.41) is 3.05. The maximum atomic E-state index is 13.8. The summed E-state index contributed by atoms with van der Waals surface area (Å²) in [6.45, 7) is 5.84. The van der Waals surface area contributed by atoms with E-state index in [1.165, 1.54) is 18.2 Å². The minimum atomic E-state index is -0.568. The first-order chi connectivity index (χ1) is 14.2. The Kier molecular flexibility index (Phi) is 5.06. The van der Waals surface area contributed by atoms with Gasteiger partial charge in [0.25, 0.3) is 0 Å². The molecule has 1 heterocycles. The number of hydrogen-bond acceptors (Lipinski definition) is 3. The molecule has 1 N–H and O–H groups in total. The lowest BCUT2D eigenvalue weighted by Gasteiger charge is -2.32. The first-order valence-electron chi connectivity index (χ1n) is 9.87. The van der Waals surface area contributed by atoms with E-state index in [9.17, 15) is 13.6 Å². The second-order valence-electron chi connectivity index (χ2n) is 8.26. The van der Waals surface area contributed by atoms with Crippen LogP contribution in [0.5, 0.6) is 5.75 Å². The number of benzene rings is 3. The zero-order chi connectivity index (χ0) is 21.5. The zero-order valence-electron chi connectivity index (χ0n) is 17.2. The van der Waals surface area contributed by atoms with Crippen molar-refractivity contribution in [3.8, 4) is 16.9 Å². The van der Waals surface area contributed by atoms with E-state index in [0.29, 0.717) is 17.7 Å². The van der Waals surface area contributed by atoms with Crippen LogP contribution in [0.3, 0.4) is 0 Å². The van der Waals surface area contributed by atoms with Crippen LogP contribution in [-0.4, -0.2) is 11.4 Å². The number of anilines is 1. The van der Waals surface area contributed by atoms with Gasteiger partial charge in [-0.3, -0.25) is 4.79 Å². The van der Waals surface area contributed by atoms with Gasteiger partial charge in [0, 0.05) is 17.8 Å². The molecule has 0 saturated heterocycles. The standard InChI is InChI=1S/C25H23F2NO2/c1-15-11-19-23(29)13-25(2,3)30-24(19)12-18(15)16-7-9-17(10-8-16)28-14-20-21(26)5-4-6-22(20)27/h4-12,28H,13-14H2,1-3H3. The first-order valence-corrected chi connectivity index (χ1v) is 9.87. The Morgan fingerprint density at radius 2 is 1.67 bits per heavy atom. The number of fused-ring (bicyclic) bond motifs is 1. The van der Waals surface area contributed by atoms with E-state index in [1.54, 1.807) is 0 Å². The first kappa shape index (κ1) is 20.1. The third-order valence-electron chi connectivity index (χ3n) is 5.33. The lowest BCUT2D eigenvalue weighted by molar-refractivity contribution is 0.0620. The number of carbonyl (C=O) groups excluding carboxylic acids is 1. The highest BCUT2D eigenvalue weighted by Crippen LogP contribution is 2.38. The highest BCUT2D eigenvalue weighted by atomic mass is 19.1. The van der Waals surface area contributed by atoms with Crippen molar-refractivity contribution in [1.29, 1.82) is 0 Å². The second-order valence-corrected chi connectivity index (χ2v) is 8.26. The van der Waals surface area contributed by atoms with Gasteiger partial charge < -0.3 is 10.1 Å². The quantitative estimate of drug-likeness (QED) is 0.552. The fourth-order valence-corrected chi connectivity index (χ4v) is 3.78. The van der Waals surface area contributed by atoms with Crippen molar-refractivity contribution in [1.82, 2.24) is 0 Å². The Hall–Kier alpha value is -3.21. The molecule has 4 rings (SSSR count). The molecule has 5 heteroatoms. The third kappa shape index (κ3) is 3.92. The Labute approximate surface area is 174 Å². The Balaban J connectivity index is 1.57. The van der Waals surface area contributed by atoms with Crippen LogP contribution in [0.25, 0.3) is 11.1 Å². The van der Waals surface area contributed by atoms with Gasteiger partial charge in [-0.1, -0.05) is 18.2 Å². The summed E-state index contributed by atoms with van der Waals surface area (Å²) in [6, 6.07) is 15.2. The van der Waals surface area contributed by atoms with E-state index >= 15 is 0 Å². The van der Waals surface area contributed by atoms with Gasteiger partial charge in [0.05, 0.1) is 12.0 Å². The largest absolute Gasteiger partial charge is 0.487 e. The molecule has 154 valence electrons. The van der Waals surface area contributed by atoms with Crippen molar-refractivity contribution >= 4 is 11.5 Å². The second kappa shape index (κ2) is 7.56. The molecule has 0 spiro atoms. The highest BCUT2D eigenvalue weighted by Gasteiger charge is 2.33. The summed E-state index contributed by atoms with van der Waals surface area (Å²) >= 11 is 0. The summed E-state index contributed by atoms with van der Waals surface area (Å²) in [5.41, 5.74) is 3.80. The van der Waals surface area contributed by atoms with Gasteiger partial charge in [-0.05, 0) is 73.9 Å². The molecule has 3 nitrogen and oxygen atoms in total. The molecule has 3 aromatic carbocycles. The number of ketones is 1. The predicted molar refractivity (Wildman–Crippen MR) is 114 cm³/mol. The molecular weight excluding hydrogens is 384 g/mol. The normalized spacial score (nSPS) is 14.8. The third-order valence-corrected chi connectivity index (χ3v) is 5.33. The Morgan fingerprint density at radius 3 is 2.33 bits per heavy atom. The molecule has 0 unspecified atom stereocenters. The van der Waals surface area contributed by atoms with E-state index < -0.39 is 17.2 Å². The average Bonchev–Trinajstić information content (AvgIpc) is 2.68. The zero-order valence-corrected chi connectivity index (χ0v) is 17.2. The molecule has 0 amide bonds. The molecule has 0 saturated carbocycles. The van der Waals surface area contributed by atoms with Crippen LogP contribution in [0, 0.1) is 18.6 Å². The van der Waals surface area contributed by atoms with Crippen molar-refractivity contribution in [3.63, 3.8) is 0 Å². The van der Waals surface area contributed by atoms with Gasteiger partial charge in [-0.2, -0.15) is 0 Å². The minimum absolute atomic E-state index is 0.0107. The molecular formula is C25H23F2NO2. The van der Waals surface area contributed by atoms with Gasteiger partial charge in [-0.15, -0.1) is 0 Å². The highest BCUT2D eigenvalue weighted by molar-refractivity contribution is 6.01. The fourth-order valence-electron chi connectivity index (χ4n) is 3.78. The van der Waals surface area contributed by atoms with Gasteiger partial charge in [0.1, 0.15) is 23.0 Å². The van der Waals surface area contributed by atoms with E-state index in [-0.39, 0.29) is 17.9 Å². The van der Waals surface area contributed by atoms with E-state index in [0.717, 1.165) is 22.4 Å². The Bertz CT molecular complexity index is 1100. The van der Waals surface area contributed by atoms with Crippen molar-refractivity contribution < 1.29 is 18.3 Å². The summed E-state index contributed by atoms with van der Waals surface area (Å²) < 4.78 is 33.6. The molecule has 30 heavy (non-hydrogen) atoms. The number of hydrogen-bond donors (Lipinski definition) is 1. The van der Waals surface area contributed by atoms with Gasteiger partial charge in [0.15, 0.2) is 5.78 Å². The summed E-state index contributed by atoms with van der Waals surface area (Å²) in [6.07, 6.45) is 0.363. The monoisotopic (exact) mass is 407 g/mol. The maximum absolute atomic E-state index is 13.8. The molecule has 0 fully saturated rings. The Morgan fingerprint density at radius 1 is 1.00 bits per heavy atom. The van der Waals surface area contributed by atoms with E-state index in [1.807, 2.05) is 57.2 Å². The topological polar surface area (TPSA) is 38.3 Å². The van der Waals surface area contributed by atoms with Crippen molar-refractivity contribution in [2.45, 2.75) is 39.3 Å². The van der Waals surface area contributed by atoms with Crippen LogP contribution in [0.2, 0.25) is 0 Å². The summed E-state index contributed by atoms with van der Waals surface area (Å²) in [4.78, 5) is 12.4. The van der Waals surface area contributed by atoms with Crippen LogP contribution in [0.4, 0.5) is 14.5 Å². The molecule has 0 atom stereocenters. The molecule has 0 bridgehead atoms. The lowest BCUT2D eigenvalue weighted by Crippen LogP contribution is -2.35. The molecule has 0 radical (unpaired) electrons. The van der Waals surface area contributed by atoms with Crippen molar-refractivity contribution in [2.24, 2.45) is 0 Å². The fraction of sp³-hybridized carbons (Fsp3) is 0.240. The van der Waals surface area contributed by atoms with Gasteiger partial charge in [-0.25, -0.2) is 8.78 Å². The minimum Gasteiger partial charge on any atom is -0.487 e. The molecule has 1 aliphatic heterocycles.